The van der Waals surface area contributed by atoms with Crippen LogP contribution in [-0.2, 0) is 32.7 Å². The van der Waals surface area contributed by atoms with Gasteiger partial charge in [0.15, 0.2) is 11.4 Å². The lowest BCUT2D eigenvalue weighted by atomic mass is 9.91. The van der Waals surface area contributed by atoms with Crippen LogP contribution in [0.3, 0.4) is 0 Å². The molecule has 1 saturated heterocycles. The number of thioether (sulfide) groups is 1. The van der Waals surface area contributed by atoms with Gasteiger partial charge in [-0.2, -0.15) is 0 Å². The maximum atomic E-state index is 12.0. The Hall–Kier alpha value is -3.18. The van der Waals surface area contributed by atoms with Crippen LogP contribution in [-0.4, -0.2) is 43.5 Å². The minimum absolute atomic E-state index is 0.0186. The molecule has 0 aliphatic carbocycles. The third-order valence-corrected chi connectivity index (χ3v) is 7.46. The molecule has 4 atom stereocenters. The summed E-state index contributed by atoms with van der Waals surface area (Å²) in [5.74, 6) is -0.624. The van der Waals surface area contributed by atoms with Crippen LogP contribution in [0.1, 0.15) is 48.8 Å². The number of carboxylic acid groups (broad SMARTS) is 1. The molecule has 2 heterocycles. The van der Waals surface area contributed by atoms with Crippen molar-refractivity contribution in [3.8, 4) is 0 Å². The lowest BCUT2D eigenvalue weighted by molar-refractivity contribution is -0.268. The van der Waals surface area contributed by atoms with Crippen molar-refractivity contribution in [2.45, 2.75) is 50.0 Å². The Morgan fingerprint density at radius 1 is 1.05 bits per heavy atom. The third kappa shape index (κ3) is 6.98. The Kier molecular flexibility index (Phi) is 8.99. The van der Waals surface area contributed by atoms with E-state index in [1.165, 1.54) is 0 Å². The first-order valence-corrected chi connectivity index (χ1v) is 13.0. The van der Waals surface area contributed by atoms with Crippen LogP contribution in [0.4, 0.5) is 5.69 Å². The van der Waals surface area contributed by atoms with Crippen molar-refractivity contribution >= 4 is 29.3 Å². The molecule has 0 radical (unpaired) electrons. The van der Waals surface area contributed by atoms with Gasteiger partial charge >= 0.3 is 5.97 Å². The quantitative estimate of drug-likeness (QED) is 0.335. The van der Waals surface area contributed by atoms with E-state index < -0.39 is 12.3 Å². The number of anilines is 1. The number of aliphatic carboxylic acids is 1. The first-order chi connectivity index (χ1) is 17.8. The molecule has 1 amide bonds. The minimum Gasteiger partial charge on any atom is -0.481 e. The summed E-state index contributed by atoms with van der Waals surface area (Å²) in [6.07, 6.45) is 2.40. The zero-order chi connectivity index (χ0) is 26.4. The molecule has 1 aromatic heterocycles. The summed E-state index contributed by atoms with van der Waals surface area (Å²) in [4.78, 5) is 27.1. The fourth-order valence-electron chi connectivity index (χ4n) is 4.13. The van der Waals surface area contributed by atoms with Crippen molar-refractivity contribution < 1.29 is 29.3 Å². The molecule has 0 unspecified atom stereocenters. The van der Waals surface area contributed by atoms with Gasteiger partial charge in [0.2, 0.25) is 5.91 Å². The molecule has 1 fully saturated rings. The Morgan fingerprint density at radius 2 is 1.76 bits per heavy atom. The Labute approximate surface area is 219 Å². The van der Waals surface area contributed by atoms with Crippen molar-refractivity contribution in [3.63, 3.8) is 0 Å². The van der Waals surface area contributed by atoms with Crippen LogP contribution in [0.15, 0.2) is 66.1 Å². The first kappa shape index (κ1) is 26.9. The summed E-state index contributed by atoms with van der Waals surface area (Å²) in [5, 5.41) is 21.8. The van der Waals surface area contributed by atoms with Crippen LogP contribution in [0, 0.1) is 5.92 Å². The van der Waals surface area contributed by atoms with Crippen molar-refractivity contribution in [3.05, 3.63) is 77.6 Å². The van der Waals surface area contributed by atoms with E-state index in [4.69, 9.17) is 14.6 Å². The number of carbonyl (C=O) groups is 2. The largest absolute Gasteiger partial charge is 0.481 e. The molecule has 1 aliphatic heterocycles. The number of amides is 1. The van der Waals surface area contributed by atoms with E-state index in [-0.39, 0.29) is 43.5 Å². The van der Waals surface area contributed by atoms with E-state index in [2.05, 4.69) is 17.2 Å². The van der Waals surface area contributed by atoms with Gasteiger partial charge in [-0.15, -0.1) is 0 Å². The number of hydrogen-bond acceptors (Lipinski definition) is 7. The Balaban J connectivity index is 1.51. The highest BCUT2D eigenvalue weighted by Crippen LogP contribution is 2.43. The van der Waals surface area contributed by atoms with Gasteiger partial charge in [-0.05, 0) is 23.3 Å². The zero-order valence-electron chi connectivity index (χ0n) is 20.7. The van der Waals surface area contributed by atoms with Crippen LogP contribution in [0.5, 0.6) is 0 Å². The number of carbonyl (C=O) groups excluding carboxylic acids is 1. The molecule has 0 bridgehead atoms. The Bertz CT molecular complexity index is 1200. The predicted molar refractivity (Wildman–Crippen MR) is 139 cm³/mol. The molecule has 0 saturated carbocycles. The van der Waals surface area contributed by atoms with Crippen molar-refractivity contribution in [1.82, 2.24) is 9.55 Å². The average Bonchev–Trinajstić information content (AvgIpc) is 3.32. The molecule has 0 spiro atoms. The number of hydrogen-bond donors (Lipinski definition) is 3. The number of rotatable bonds is 10. The van der Waals surface area contributed by atoms with E-state index in [0.29, 0.717) is 11.4 Å². The van der Waals surface area contributed by atoms with Crippen LogP contribution >= 0.6 is 11.8 Å². The number of aryl methyl sites for hydroxylation is 1. The molecule has 196 valence electrons. The van der Waals surface area contributed by atoms with Crippen LogP contribution < -0.4 is 5.32 Å². The molecule has 10 heteroatoms. The number of nitrogens with zero attached hydrogens (tertiary/aromatic N) is 2. The summed E-state index contributed by atoms with van der Waals surface area (Å²) in [6.45, 7) is 2.09. The number of aliphatic hydroxyl groups excluding tert-OH is 1. The molecule has 9 nitrogen and oxygen atoms in total. The van der Waals surface area contributed by atoms with Gasteiger partial charge in [0.25, 0.3) is 0 Å². The monoisotopic (exact) mass is 525 g/mol. The van der Waals surface area contributed by atoms with Gasteiger partial charge in [-0.1, -0.05) is 55.1 Å². The number of aliphatic hydroxyl groups is 1. The lowest BCUT2D eigenvalue weighted by Gasteiger charge is -2.41. The molecule has 3 aromatic rings. The number of ether oxygens (including phenoxy) is 2. The van der Waals surface area contributed by atoms with E-state index in [0.717, 1.165) is 21.8 Å². The molecule has 37 heavy (non-hydrogen) atoms. The van der Waals surface area contributed by atoms with Gasteiger partial charge in [-0.25, -0.2) is 4.98 Å². The number of aromatic nitrogens is 2. The number of nitrogens with one attached hydrogen (secondary N) is 1. The summed E-state index contributed by atoms with van der Waals surface area (Å²) in [6, 6.07) is 14.9. The SMILES string of the molecule is C[C@H]1[C@@H](CSc2nccn2C)O[C@@H](c2ccc(NC(=O)CCC(=O)O)cc2)O[C@H]1c1ccc(CO)cc1. The highest BCUT2D eigenvalue weighted by molar-refractivity contribution is 7.99. The second-order valence-corrected chi connectivity index (χ2v) is 10.0. The molecule has 3 N–H and O–H groups in total. The third-order valence-electron chi connectivity index (χ3n) is 6.31. The average molecular weight is 526 g/mol. The second kappa shape index (κ2) is 12.4. The molecular weight excluding hydrogens is 494 g/mol. The predicted octanol–water partition coefficient (Wildman–Crippen LogP) is 4.30. The molecule has 1 aliphatic rings. The number of imidazole rings is 1. The van der Waals surface area contributed by atoms with Gasteiger partial charge in [0, 0.05) is 48.8 Å². The van der Waals surface area contributed by atoms with E-state index in [1.807, 2.05) is 54.2 Å². The number of carboxylic acids is 1. The topological polar surface area (TPSA) is 123 Å². The standard InChI is InChI=1S/C27H31N3O6S/c1-17-22(16-37-27-28-13-14-30(27)2)35-26(36-25(17)19-5-3-18(15-31)4-6-19)20-7-9-21(10-8-20)29-23(32)11-12-24(33)34/h3-10,13-14,17,22,25-26,31H,11-12,15-16H2,1-2H3,(H,29,32)(H,33,34)/t17-,22+,25+,26+/m0/s1. The van der Waals surface area contributed by atoms with Gasteiger partial charge < -0.3 is 29.6 Å². The summed E-state index contributed by atoms with van der Waals surface area (Å²) in [5.41, 5.74) is 3.22. The maximum Gasteiger partial charge on any atom is 0.303 e. The molecule has 4 rings (SSSR count). The highest BCUT2D eigenvalue weighted by atomic mass is 32.2. The van der Waals surface area contributed by atoms with Crippen LogP contribution in [0.2, 0.25) is 0 Å². The summed E-state index contributed by atoms with van der Waals surface area (Å²) in [7, 11) is 1.96. The summed E-state index contributed by atoms with van der Waals surface area (Å²) < 4.78 is 14.9. The van der Waals surface area contributed by atoms with Crippen molar-refractivity contribution in [2.75, 3.05) is 11.1 Å². The van der Waals surface area contributed by atoms with E-state index in [1.54, 1.807) is 30.1 Å². The Morgan fingerprint density at radius 3 is 2.38 bits per heavy atom. The second-order valence-electron chi connectivity index (χ2n) is 9.02. The fraction of sp³-hybridized carbons (Fsp3) is 0.370. The zero-order valence-corrected chi connectivity index (χ0v) is 21.6. The maximum absolute atomic E-state index is 12.0. The van der Waals surface area contributed by atoms with Gasteiger partial charge in [0.1, 0.15) is 0 Å². The van der Waals surface area contributed by atoms with Crippen molar-refractivity contribution in [1.29, 1.82) is 0 Å². The van der Waals surface area contributed by atoms with Crippen molar-refractivity contribution in [2.24, 2.45) is 13.0 Å². The summed E-state index contributed by atoms with van der Waals surface area (Å²) >= 11 is 1.63. The smallest absolute Gasteiger partial charge is 0.303 e. The molecule has 2 aromatic carbocycles. The van der Waals surface area contributed by atoms with E-state index >= 15 is 0 Å². The number of benzene rings is 2. The van der Waals surface area contributed by atoms with Gasteiger partial charge in [0.05, 0.1) is 25.2 Å². The van der Waals surface area contributed by atoms with Gasteiger partial charge in [-0.3, -0.25) is 9.59 Å². The first-order valence-electron chi connectivity index (χ1n) is 12.1. The normalized spacial score (nSPS) is 21.5. The van der Waals surface area contributed by atoms with Crippen LogP contribution in [0.25, 0.3) is 0 Å². The fourth-order valence-corrected chi connectivity index (χ4v) is 5.22. The molecular formula is C27H31N3O6S. The van der Waals surface area contributed by atoms with E-state index in [9.17, 15) is 14.7 Å². The lowest BCUT2D eigenvalue weighted by Crippen LogP contribution is -2.38. The minimum atomic E-state index is -1.01. The highest BCUT2D eigenvalue weighted by Gasteiger charge is 2.38.